The number of carbonyl (C=O) groups excluding carboxylic acids is 5. The Bertz CT molecular complexity index is 2350. The lowest BCUT2D eigenvalue weighted by atomic mass is 9.84. The molecule has 6 heterocycles. The summed E-state index contributed by atoms with van der Waals surface area (Å²) in [7, 11) is 2.15. The van der Waals surface area contributed by atoms with Gasteiger partial charge in [0.15, 0.2) is 5.65 Å². The largest absolute Gasteiger partial charge is 0.382 e. The Morgan fingerprint density at radius 3 is 2.48 bits per heavy atom. The normalized spacial score (nSPS) is 24.8. The minimum absolute atomic E-state index is 0.0641. The van der Waals surface area contributed by atoms with Gasteiger partial charge in [-0.2, -0.15) is 10.2 Å². The molecule has 3 aliphatic heterocycles. The number of piperidine rings is 1. The molecule has 19 heteroatoms. The van der Waals surface area contributed by atoms with Crippen molar-refractivity contribution in [3.8, 4) is 0 Å². The first-order valence-electron chi connectivity index (χ1n) is 21.2. The van der Waals surface area contributed by atoms with Gasteiger partial charge in [0, 0.05) is 56.2 Å². The van der Waals surface area contributed by atoms with Crippen LogP contribution in [0.4, 0.5) is 26.0 Å². The molecule has 5 aliphatic rings. The van der Waals surface area contributed by atoms with E-state index < -0.39 is 47.7 Å². The second kappa shape index (κ2) is 16.9. The van der Waals surface area contributed by atoms with Crippen molar-refractivity contribution in [1.29, 1.82) is 0 Å². The number of halogens is 2. The van der Waals surface area contributed by atoms with Crippen molar-refractivity contribution in [2.45, 2.75) is 94.8 Å². The van der Waals surface area contributed by atoms with Crippen molar-refractivity contribution in [2.75, 3.05) is 55.4 Å². The summed E-state index contributed by atoms with van der Waals surface area (Å²) in [5, 5.41) is 17.0. The Morgan fingerprint density at radius 2 is 1.74 bits per heavy atom. The van der Waals surface area contributed by atoms with Crippen LogP contribution in [0.3, 0.4) is 0 Å². The fraction of sp³-hybridized carbons (Fsp3) is 0.524. The topological polar surface area (TPSA) is 188 Å². The number of hydrogen-bond acceptors (Lipinski definition) is 12. The number of nitrogens with one attached hydrogen (secondary N) is 3. The Hall–Kier alpha value is -5.82. The molecule has 2 saturated heterocycles. The summed E-state index contributed by atoms with van der Waals surface area (Å²) in [6, 6.07) is 6.32. The molecule has 0 spiro atoms. The van der Waals surface area contributed by atoms with Gasteiger partial charge in [-0.25, -0.2) is 18.3 Å². The van der Waals surface area contributed by atoms with Gasteiger partial charge in [-0.05, 0) is 89.0 Å². The number of aromatic nitrogens is 5. The van der Waals surface area contributed by atoms with Crippen LogP contribution in [0.15, 0.2) is 42.9 Å². The first kappa shape index (κ1) is 40.6. The van der Waals surface area contributed by atoms with E-state index in [9.17, 15) is 32.8 Å². The first-order valence-corrected chi connectivity index (χ1v) is 21.2. The van der Waals surface area contributed by atoms with Crippen LogP contribution in [0.5, 0.6) is 0 Å². The van der Waals surface area contributed by atoms with Crippen LogP contribution in [0.1, 0.15) is 113 Å². The molecule has 3 N–H and O–H groups in total. The third-order valence-corrected chi connectivity index (χ3v) is 13.0. The fourth-order valence-corrected chi connectivity index (χ4v) is 9.70. The number of ether oxygens (including phenoxy) is 1. The van der Waals surface area contributed by atoms with Crippen LogP contribution in [-0.2, 0) is 14.3 Å². The zero-order valence-electron chi connectivity index (χ0n) is 33.9. The second-order valence-corrected chi connectivity index (χ2v) is 16.8. The van der Waals surface area contributed by atoms with E-state index in [1.165, 1.54) is 16.9 Å². The Labute approximate surface area is 350 Å². The van der Waals surface area contributed by atoms with E-state index in [2.05, 4.69) is 43.0 Å². The van der Waals surface area contributed by atoms with Crippen molar-refractivity contribution >= 4 is 52.4 Å². The third-order valence-electron chi connectivity index (χ3n) is 13.0. The van der Waals surface area contributed by atoms with Crippen molar-refractivity contribution in [3.05, 3.63) is 65.2 Å². The van der Waals surface area contributed by atoms with Gasteiger partial charge in [-0.15, -0.1) is 0 Å². The van der Waals surface area contributed by atoms with Gasteiger partial charge >= 0.3 is 0 Å². The number of imide groups is 2. The van der Waals surface area contributed by atoms with Gasteiger partial charge in [0.25, 0.3) is 24.1 Å². The van der Waals surface area contributed by atoms with Gasteiger partial charge < -0.3 is 25.2 Å². The summed E-state index contributed by atoms with van der Waals surface area (Å²) in [5.41, 5.74) is 1.11. The van der Waals surface area contributed by atoms with Crippen molar-refractivity contribution in [2.24, 2.45) is 5.92 Å². The maximum atomic E-state index is 14.3. The number of carbonyl (C=O) groups is 5. The molecule has 1 atom stereocenters. The highest BCUT2D eigenvalue weighted by atomic mass is 19.3. The lowest BCUT2D eigenvalue weighted by Gasteiger charge is -2.38. The number of fused-ring (bicyclic) bond motifs is 2. The Kier molecular flexibility index (Phi) is 11.3. The second-order valence-electron chi connectivity index (χ2n) is 16.8. The van der Waals surface area contributed by atoms with Crippen LogP contribution < -0.4 is 20.9 Å². The van der Waals surface area contributed by atoms with Gasteiger partial charge in [-0.1, -0.05) is 6.07 Å². The number of hydrogen-bond donors (Lipinski definition) is 3. The van der Waals surface area contributed by atoms with E-state index in [-0.39, 0.29) is 41.6 Å². The molecule has 0 radical (unpaired) electrons. The number of amides is 5. The number of nitrogens with zero attached hydrogens (tertiary/aromatic N) is 8. The van der Waals surface area contributed by atoms with E-state index in [1.807, 2.05) is 6.07 Å². The lowest BCUT2D eigenvalue weighted by Crippen LogP contribution is -2.54. The van der Waals surface area contributed by atoms with Gasteiger partial charge in [0.05, 0.1) is 42.1 Å². The highest BCUT2D eigenvalue weighted by Crippen LogP contribution is 2.37. The molecule has 4 aromatic rings. The molecule has 0 bridgehead atoms. The smallest absolute Gasteiger partial charge is 0.282 e. The molecule has 322 valence electrons. The molecule has 1 aromatic carbocycles. The molecule has 17 nitrogen and oxygen atoms in total. The summed E-state index contributed by atoms with van der Waals surface area (Å²) >= 11 is 0. The number of rotatable bonds is 11. The van der Waals surface area contributed by atoms with Crippen molar-refractivity contribution in [1.82, 2.24) is 39.5 Å². The number of anilines is 3. The molecule has 2 aliphatic carbocycles. The summed E-state index contributed by atoms with van der Waals surface area (Å²) in [6.07, 6.45) is 8.85. The zero-order chi connectivity index (χ0) is 42.4. The van der Waals surface area contributed by atoms with Crippen LogP contribution in [-0.4, -0.2) is 122 Å². The number of alkyl halides is 2. The van der Waals surface area contributed by atoms with E-state index in [1.54, 1.807) is 29.1 Å². The maximum Gasteiger partial charge on any atom is 0.282 e. The monoisotopic (exact) mass is 841 g/mol. The van der Waals surface area contributed by atoms with E-state index >= 15 is 0 Å². The quantitative estimate of drug-likeness (QED) is 0.181. The molecule has 3 aromatic heterocycles. The molecule has 2 saturated carbocycles. The Morgan fingerprint density at radius 1 is 0.967 bits per heavy atom. The molecule has 4 fully saturated rings. The minimum Gasteiger partial charge on any atom is -0.382 e. The van der Waals surface area contributed by atoms with Gasteiger partial charge in [-0.3, -0.25) is 38.9 Å². The SMILES string of the molecule is CN(CC1CCC(n2cc(C(=O)Nc3cnn4ccc(N5CCOCC5)nc34)c(C(F)F)n2)CC1)[C@H]1CC[C@H](Nc2cccc3c2C(=O)N(C2CCC(=O)NC2=O)C3=O)CC1. The predicted molar refractivity (Wildman–Crippen MR) is 218 cm³/mol. The van der Waals surface area contributed by atoms with Crippen molar-refractivity contribution in [3.63, 3.8) is 0 Å². The minimum atomic E-state index is -2.93. The average Bonchev–Trinajstić information content (AvgIpc) is 3.96. The average molecular weight is 842 g/mol. The molecular formula is C42H49F2N11O6. The molecule has 1 unspecified atom stereocenters. The zero-order valence-corrected chi connectivity index (χ0v) is 33.9. The summed E-state index contributed by atoms with van der Waals surface area (Å²) in [5.74, 6) is -1.64. The third kappa shape index (κ3) is 8.07. The van der Waals surface area contributed by atoms with E-state index in [4.69, 9.17) is 9.72 Å². The summed E-state index contributed by atoms with van der Waals surface area (Å²) in [4.78, 5) is 74.8. The van der Waals surface area contributed by atoms with Gasteiger partial charge in [0.2, 0.25) is 11.8 Å². The molecule has 61 heavy (non-hydrogen) atoms. The molecular weight excluding hydrogens is 793 g/mol. The van der Waals surface area contributed by atoms with Crippen LogP contribution >= 0.6 is 0 Å². The Balaban J connectivity index is 0.768. The summed E-state index contributed by atoms with van der Waals surface area (Å²) in [6.45, 7) is 3.45. The number of benzene rings is 1. The molecule has 5 amide bonds. The van der Waals surface area contributed by atoms with Crippen LogP contribution in [0.2, 0.25) is 0 Å². The highest BCUT2D eigenvalue weighted by molar-refractivity contribution is 6.25. The lowest BCUT2D eigenvalue weighted by molar-refractivity contribution is -0.136. The van der Waals surface area contributed by atoms with Gasteiger partial charge in [0.1, 0.15) is 23.2 Å². The standard InChI is InChI=1S/C42H49F2N11O6/c1-51(26-11-7-25(8-12-26)46-30-4-2-3-28-35(30)42(60)55(41(28)59)32-13-14-34(56)49-40(32)58)22-24-5-9-27(10-6-24)54-23-29(36(50-54)37(43)44)39(57)47-31-21-45-53-16-15-33(48-38(31)53)52-17-19-61-20-18-52/h2-4,15-16,21,23-27,32,37,46H,5-14,17-20,22H2,1H3,(H,47,57)(H,49,56,58)/t24?,25-,26-,27?,32?. The van der Waals surface area contributed by atoms with E-state index in [0.29, 0.717) is 61.1 Å². The van der Waals surface area contributed by atoms with Crippen LogP contribution in [0.25, 0.3) is 5.65 Å². The number of morpholine rings is 1. The highest BCUT2D eigenvalue weighted by Gasteiger charge is 2.46. The summed E-state index contributed by atoms with van der Waals surface area (Å²) < 4.78 is 37.1. The first-order chi connectivity index (χ1) is 29.5. The fourth-order valence-electron chi connectivity index (χ4n) is 9.70. The van der Waals surface area contributed by atoms with Crippen LogP contribution in [0, 0.1) is 5.92 Å². The molecule has 9 rings (SSSR count). The van der Waals surface area contributed by atoms with E-state index in [0.717, 1.165) is 62.8 Å². The maximum absolute atomic E-state index is 14.3. The predicted octanol–water partition coefficient (Wildman–Crippen LogP) is 4.44. The van der Waals surface area contributed by atoms with Crippen molar-refractivity contribution < 1.29 is 37.5 Å².